The van der Waals surface area contributed by atoms with Gasteiger partial charge in [0.2, 0.25) is 0 Å². The van der Waals surface area contributed by atoms with E-state index >= 15 is 0 Å². The van der Waals surface area contributed by atoms with Crippen LogP contribution in [0.15, 0.2) is 54.7 Å². The van der Waals surface area contributed by atoms with Gasteiger partial charge in [0.15, 0.2) is 0 Å². The Morgan fingerprint density at radius 3 is 2.73 bits per heavy atom. The predicted octanol–water partition coefficient (Wildman–Crippen LogP) is 1.72. The lowest BCUT2D eigenvalue weighted by Crippen LogP contribution is -2.60. The highest BCUT2D eigenvalue weighted by atomic mass is 16.6. The van der Waals surface area contributed by atoms with Crippen LogP contribution in [0.1, 0.15) is 5.69 Å². The van der Waals surface area contributed by atoms with Crippen molar-refractivity contribution in [1.82, 2.24) is 9.88 Å². The van der Waals surface area contributed by atoms with E-state index in [2.05, 4.69) is 9.88 Å². The highest BCUT2D eigenvalue weighted by Gasteiger charge is 2.43. The first-order chi connectivity index (χ1) is 12.7. The molecule has 1 aromatic heterocycles. The molecular weight excluding hydrogens is 330 g/mol. The van der Waals surface area contributed by atoms with Crippen LogP contribution in [0.2, 0.25) is 0 Å². The van der Waals surface area contributed by atoms with Crippen LogP contribution >= 0.6 is 0 Å². The topological polar surface area (TPSA) is 54.9 Å². The number of morpholine rings is 1. The monoisotopic (exact) mass is 353 g/mol. The van der Waals surface area contributed by atoms with Crippen LogP contribution in [-0.4, -0.2) is 60.8 Å². The number of benzene rings is 1. The van der Waals surface area contributed by atoms with Crippen molar-refractivity contribution >= 4 is 11.6 Å². The fourth-order valence-corrected chi connectivity index (χ4v) is 3.58. The molecule has 0 unspecified atom stereocenters. The van der Waals surface area contributed by atoms with E-state index in [-0.39, 0.29) is 12.5 Å². The summed E-state index contributed by atoms with van der Waals surface area (Å²) >= 11 is 0. The van der Waals surface area contributed by atoms with Crippen molar-refractivity contribution in [2.24, 2.45) is 0 Å². The fraction of sp³-hybridized carbons (Fsp3) is 0.400. The standard InChI is InChI=1S/C20H23N3O3/c24-19-13-26-20(15-23(19)18-7-2-1-3-8-18)14-22(10-11-25-16-20)12-17-6-4-5-9-21-17/h1-9H,10-16H2/t20-/m0/s1. The normalized spacial score (nSPS) is 24.6. The summed E-state index contributed by atoms with van der Waals surface area (Å²) in [4.78, 5) is 21.0. The molecule has 3 heterocycles. The van der Waals surface area contributed by atoms with Gasteiger partial charge in [-0.05, 0) is 24.3 Å². The molecule has 2 aliphatic rings. The molecule has 1 spiro atoms. The lowest BCUT2D eigenvalue weighted by atomic mass is 10.0. The number of carbonyl (C=O) groups is 1. The second kappa shape index (κ2) is 7.53. The van der Waals surface area contributed by atoms with Gasteiger partial charge in [0, 0.05) is 31.5 Å². The van der Waals surface area contributed by atoms with E-state index in [1.54, 1.807) is 0 Å². The number of aromatic nitrogens is 1. The number of para-hydroxylation sites is 1. The molecule has 136 valence electrons. The molecule has 0 radical (unpaired) electrons. The van der Waals surface area contributed by atoms with Gasteiger partial charge in [-0.3, -0.25) is 14.7 Å². The van der Waals surface area contributed by atoms with Crippen LogP contribution in [0, 0.1) is 0 Å². The third-order valence-electron chi connectivity index (χ3n) is 4.86. The van der Waals surface area contributed by atoms with Crippen molar-refractivity contribution < 1.29 is 14.3 Å². The van der Waals surface area contributed by atoms with Gasteiger partial charge in [-0.1, -0.05) is 24.3 Å². The molecule has 2 aliphatic heterocycles. The Morgan fingerprint density at radius 1 is 1.08 bits per heavy atom. The number of rotatable bonds is 3. The van der Waals surface area contributed by atoms with Crippen LogP contribution in [0.25, 0.3) is 0 Å². The lowest BCUT2D eigenvalue weighted by molar-refractivity contribution is -0.146. The molecule has 2 fully saturated rings. The molecule has 0 N–H and O–H groups in total. The van der Waals surface area contributed by atoms with E-state index in [0.717, 1.165) is 24.5 Å². The van der Waals surface area contributed by atoms with E-state index in [0.29, 0.717) is 26.3 Å². The minimum atomic E-state index is -0.519. The number of carbonyl (C=O) groups excluding carboxylic acids is 1. The van der Waals surface area contributed by atoms with Crippen molar-refractivity contribution in [3.63, 3.8) is 0 Å². The first-order valence-electron chi connectivity index (χ1n) is 8.94. The minimum absolute atomic E-state index is 0.0117. The number of nitrogens with zero attached hydrogens (tertiary/aromatic N) is 3. The van der Waals surface area contributed by atoms with E-state index in [4.69, 9.17) is 9.47 Å². The summed E-state index contributed by atoms with van der Waals surface area (Å²) in [6, 6.07) is 15.7. The number of pyridine rings is 1. The maximum Gasteiger partial charge on any atom is 0.253 e. The Labute approximate surface area is 153 Å². The molecule has 4 rings (SSSR count). The Balaban J connectivity index is 1.53. The SMILES string of the molecule is O=C1CO[C@]2(COCCN(Cc3ccccn3)C2)CN1c1ccccc1. The lowest BCUT2D eigenvalue weighted by Gasteiger charge is -2.43. The number of anilines is 1. The summed E-state index contributed by atoms with van der Waals surface area (Å²) in [5, 5.41) is 0. The van der Waals surface area contributed by atoms with Crippen molar-refractivity contribution in [3.05, 3.63) is 60.4 Å². The molecule has 26 heavy (non-hydrogen) atoms. The molecule has 0 bridgehead atoms. The molecule has 0 saturated carbocycles. The number of ether oxygens (including phenoxy) is 2. The summed E-state index contributed by atoms with van der Waals surface area (Å²) in [6.45, 7) is 3.99. The molecule has 0 aliphatic carbocycles. The zero-order chi connectivity index (χ0) is 17.8. The van der Waals surface area contributed by atoms with Crippen LogP contribution in [0.5, 0.6) is 0 Å². The highest BCUT2D eigenvalue weighted by molar-refractivity contribution is 5.95. The summed E-state index contributed by atoms with van der Waals surface area (Å²) in [5.74, 6) is -0.0117. The summed E-state index contributed by atoms with van der Waals surface area (Å²) in [6.07, 6.45) is 1.81. The van der Waals surface area contributed by atoms with Crippen LogP contribution in [-0.2, 0) is 20.8 Å². The van der Waals surface area contributed by atoms with Gasteiger partial charge in [0.1, 0.15) is 12.2 Å². The van der Waals surface area contributed by atoms with Crippen LogP contribution in [0.4, 0.5) is 5.69 Å². The van der Waals surface area contributed by atoms with Gasteiger partial charge in [0.05, 0.1) is 25.5 Å². The molecule has 2 aromatic rings. The quantitative estimate of drug-likeness (QED) is 0.841. The second-order valence-corrected chi connectivity index (χ2v) is 6.87. The van der Waals surface area contributed by atoms with E-state index in [9.17, 15) is 4.79 Å². The van der Waals surface area contributed by atoms with Gasteiger partial charge >= 0.3 is 0 Å². The maximum absolute atomic E-state index is 12.4. The van der Waals surface area contributed by atoms with E-state index < -0.39 is 5.60 Å². The first-order valence-corrected chi connectivity index (χ1v) is 8.94. The highest BCUT2D eigenvalue weighted by Crippen LogP contribution is 2.27. The number of hydrogen-bond donors (Lipinski definition) is 0. The average molecular weight is 353 g/mol. The third-order valence-corrected chi connectivity index (χ3v) is 4.86. The van der Waals surface area contributed by atoms with Crippen LogP contribution in [0.3, 0.4) is 0 Å². The van der Waals surface area contributed by atoms with Gasteiger partial charge in [0.25, 0.3) is 5.91 Å². The molecule has 1 aromatic carbocycles. The van der Waals surface area contributed by atoms with E-state index in [1.165, 1.54) is 0 Å². The molecule has 2 saturated heterocycles. The Bertz CT molecular complexity index is 740. The van der Waals surface area contributed by atoms with Gasteiger partial charge in [-0.25, -0.2) is 0 Å². The Morgan fingerprint density at radius 2 is 1.92 bits per heavy atom. The largest absolute Gasteiger partial charge is 0.377 e. The molecule has 6 nitrogen and oxygen atoms in total. The Hall–Kier alpha value is -2.28. The number of amides is 1. The molecule has 1 amide bonds. The molecule has 1 atom stereocenters. The summed E-state index contributed by atoms with van der Waals surface area (Å²) < 4.78 is 11.9. The predicted molar refractivity (Wildman–Crippen MR) is 97.8 cm³/mol. The zero-order valence-electron chi connectivity index (χ0n) is 14.7. The van der Waals surface area contributed by atoms with Crippen molar-refractivity contribution in [2.45, 2.75) is 12.1 Å². The fourth-order valence-electron chi connectivity index (χ4n) is 3.58. The minimum Gasteiger partial charge on any atom is -0.377 e. The van der Waals surface area contributed by atoms with Crippen molar-refractivity contribution in [2.75, 3.05) is 44.4 Å². The van der Waals surface area contributed by atoms with E-state index in [1.807, 2.05) is 59.6 Å². The third kappa shape index (κ3) is 3.77. The molecular formula is C20H23N3O3. The average Bonchev–Trinajstić information content (AvgIpc) is 2.88. The van der Waals surface area contributed by atoms with Crippen molar-refractivity contribution in [1.29, 1.82) is 0 Å². The first kappa shape index (κ1) is 17.1. The van der Waals surface area contributed by atoms with Gasteiger partial charge in [-0.15, -0.1) is 0 Å². The van der Waals surface area contributed by atoms with Crippen molar-refractivity contribution in [3.8, 4) is 0 Å². The van der Waals surface area contributed by atoms with Gasteiger partial charge < -0.3 is 14.4 Å². The summed E-state index contributed by atoms with van der Waals surface area (Å²) in [5.41, 5.74) is 1.41. The van der Waals surface area contributed by atoms with Crippen LogP contribution < -0.4 is 4.90 Å². The molecule has 6 heteroatoms. The smallest absolute Gasteiger partial charge is 0.253 e. The second-order valence-electron chi connectivity index (χ2n) is 6.87. The van der Waals surface area contributed by atoms with Gasteiger partial charge in [-0.2, -0.15) is 0 Å². The number of hydrogen-bond acceptors (Lipinski definition) is 5. The zero-order valence-corrected chi connectivity index (χ0v) is 14.7. The maximum atomic E-state index is 12.4. The summed E-state index contributed by atoms with van der Waals surface area (Å²) in [7, 11) is 0. The Kier molecular flexibility index (Phi) is 4.97.